The molecule has 0 bridgehead atoms. The standard InChI is InChI=1S/C62H124NO8P/c1-6-8-10-12-14-16-18-20-21-22-23-24-25-26-27-28-29-30-31-32-33-34-35-36-37-38-39-40-41-43-45-47-49-51-53-55-62(65)71-60(59-70-72(66,67)69-57-56-63(3,4)5)58-68-61(64)54-52-50-48-46-44-42-19-17-15-13-11-9-7-2/h60H,6-59H2,1-5H3/p+1. The lowest BCUT2D eigenvalue weighted by Gasteiger charge is -2.24. The van der Waals surface area contributed by atoms with Crippen molar-refractivity contribution in [2.24, 2.45) is 0 Å². The minimum Gasteiger partial charge on any atom is -0.462 e. The first-order valence-electron chi connectivity index (χ1n) is 31.8. The van der Waals surface area contributed by atoms with Crippen molar-refractivity contribution in [1.29, 1.82) is 0 Å². The second-order valence-electron chi connectivity index (χ2n) is 23.2. The molecule has 0 rings (SSSR count). The molecule has 0 aliphatic carbocycles. The fourth-order valence-corrected chi connectivity index (χ4v) is 10.5. The molecule has 0 aliphatic rings. The zero-order valence-electron chi connectivity index (χ0n) is 49.0. The van der Waals surface area contributed by atoms with E-state index in [1.165, 1.54) is 270 Å². The number of rotatable bonds is 60. The first kappa shape index (κ1) is 71.0. The molecular weight excluding hydrogens is 918 g/mol. The van der Waals surface area contributed by atoms with E-state index in [-0.39, 0.29) is 25.6 Å². The Morgan fingerprint density at radius 1 is 0.375 bits per heavy atom. The third-order valence-electron chi connectivity index (χ3n) is 14.6. The highest BCUT2D eigenvalue weighted by Crippen LogP contribution is 2.43. The van der Waals surface area contributed by atoms with Gasteiger partial charge >= 0.3 is 19.8 Å². The quantitative estimate of drug-likeness (QED) is 0.0278. The molecule has 0 heterocycles. The average Bonchev–Trinajstić information content (AvgIpc) is 3.34. The van der Waals surface area contributed by atoms with E-state index in [1.54, 1.807) is 0 Å². The average molecular weight is 1040 g/mol. The van der Waals surface area contributed by atoms with Crippen LogP contribution in [0.5, 0.6) is 0 Å². The van der Waals surface area contributed by atoms with Gasteiger partial charge < -0.3 is 18.9 Å². The van der Waals surface area contributed by atoms with Crippen LogP contribution in [-0.2, 0) is 32.7 Å². The Kier molecular flexibility index (Phi) is 54.0. The van der Waals surface area contributed by atoms with Crippen LogP contribution in [0.1, 0.15) is 335 Å². The molecule has 0 aliphatic heterocycles. The Bertz CT molecular complexity index is 1180. The monoisotopic (exact) mass is 1040 g/mol. The zero-order valence-corrected chi connectivity index (χ0v) is 49.9. The highest BCUT2D eigenvalue weighted by atomic mass is 31.2. The van der Waals surface area contributed by atoms with E-state index in [0.717, 1.165) is 38.5 Å². The van der Waals surface area contributed by atoms with Gasteiger partial charge in [-0.25, -0.2) is 4.57 Å². The fraction of sp³-hybridized carbons (Fsp3) is 0.968. The molecule has 10 heteroatoms. The number of ether oxygens (including phenoxy) is 2. The van der Waals surface area contributed by atoms with Crippen LogP contribution in [0.3, 0.4) is 0 Å². The molecule has 430 valence electrons. The van der Waals surface area contributed by atoms with E-state index in [0.29, 0.717) is 17.4 Å². The first-order valence-corrected chi connectivity index (χ1v) is 33.3. The molecule has 0 aromatic heterocycles. The number of nitrogens with zero attached hydrogens (tertiary/aromatic N) is 1. The third-order valence-corrected chi connectivity index (χ3v) is 15.6. The predicted molar refractivity (Wildman–Crippen MR) is 308 cm³/mol. The topological polar surface area (TPSA) is 108 Å². The normalized spacial score (nSPS) is 13.1. The summed E-state index contributed by atoms with van der Waals surface area (Å²) in [5.41, 5.74) is 0. The summed E-state index contributed by atoms with van der Waals surface area (Å²) >= 11 is 0. The SMILES string of the molecule is CCCCCCCCCCCCCCCCCCCCCCCCCCCCCCCCCCCCCC(=O)OC(COC(=O)CCCCCCCCCCCCCCC)COP(=O)(O)OCC[N+](C)(C)C. The Morgan fingerprint density at radius 3 is 0.889 bits per heavy atom. The summed E-state index contributed by atoms with van der Waals surface area (Å²) in [5, 5.41) is 0. The van der Waals surface area contributed by atoms with E-state index < -0.39 is 26.5 Å². The molecule has 0 saturated carbocycles. The number of carbonyl (C=O) groups excluding carboxylic acids is 2. The minimum absolute atomic E-state index is 0.0373. The number of likely N-dealkylation sites (N-methyl/N-ethyl adjacent to an activating group) is 1. The van der Waals surface area contributed by atoms with Gasteiger partial charge in [0.2, 0.25) is 0 Å². The molecule has 9 nitrogen and oxygen atoms in total. The number of quaternary nitrogens is 1. The van der Waals surface area contributed by atoms with Gasteiger partial charge in [-0.05, 0) is 12.8 Å². The lowest BCUT2D eigenvalue weighted by Crippen LogP contribution is -2.37. The number of carbonyl (C=O) groups is 2. The molecule has 0 fully saturated rings. The predicted octanol–water partition coefficient (Wildman–Crippen LogP) is 19.8. The summed E-state index contributed by atoms with van der Waals surface area (Å²) in [6.45, 7) is 4.50. The summed E-state index contributed by atoms with van der Waals surface area (Å²) in [5.74, 6) is -0.775. The van der Waals surface area contributed by atoms with E-state index in [9.17, 15) is 19.0 Å². The Morgan fingerprint density at radius 2 is 0.625 bits per heavy atom. The summed E-state index contributed by atoms with van der Waals surface area (Å²) in [4.78, 5) is 35.6. The summed E-state index contributed by atoms with van der Waals surface area (Å²) in [6, 6.07) is 0. The first-order chi connectivity index (χ1) is 35.0. The molecule has 72 heavy (non-hydrogen) atoms. The van der Waals surface area contributed by atoms with Crippen LogP contribution in [0.25, 0.3) is 0 Å². The van der Waals surface area contributed by atoms with Crippen LogP contribution in [0.15, 0.2) is 0 Å². The van der Waals surface area contributed by atoms with Gasteiger partial charge in [0.05, 0.1) is 27.7 Å². The Hall–Kier alpha value is -0.990. The van der Waals surface area contributed by atoms with Crippen LogP contribution in [-0.4, -0.2) is 74.9 Å². The number of phosphoric acid groups is 1. The van der Waals surface area contributed by atoms with Gasteiger partial charge in [0.15, 0.2) is 6.10 Å². The lowest BCUT2D eigenvalue weighted by atomic mass is 10.0. The summed E-state index contributed by atoms with van der Waals surface area (Å²) in [7, 11) is 1.50. The van der Waals surface area contributed by atoms with Crippen molar-refractivity contribution in [3.8, 4) is 0 Å². The fourth-order valence-electron chi connectivity index (χ4n) is 9.73. The molecule has 1 N–H and O–H groups in total. The van der Waals surface area contributed by atoms with Crippen LogP contribution in [0.4, 0.5) is 0 Å². The maximum atomic E-state index is 12.8. The molecule has 0 aromatic rings. The van der Waals surface area contributed by atoms with Crippen LogP contribution < -0.4 is 0 Å². The van der Waals surface area contributed by atoms with Gasteiger partial charge in [0, 0.05) is 12.8 Å². The van der Waals surface area contributed by atoms with Crippen molar-refractivity contribution in [1.82, 2.24) is 0 Å². The Balaban J connectivity index is 3.88. The van der Waals surface area contributed by atoms with Crippen molar-refractivity contribution in [2.45, 2.75) is 341 Å². The highest BCUT2D eigenvalue weighted by molar-refractivity contribution is 7.47. The lowest BCUT2D eigenvalue weighted by molar-refractivity contribution is -0.870. The van der Waals surface area contributed by atoms with E-state index in [4.69, 9.17) is 18.5 Å². The molecule has 0 saturated heterocycles. The van der Waals surface area contributed by atoms with Gasteiger partial charge in [0.25, 0.3) is 0 Å². The largest absolute Gasteiger partial charge is 0.472 e. The van der Waals surface area contributed by atoms with Gasteiger partial charge in [-0.1, -0.05) is 309 Å². The van der Waals surface area contributed by atoms with Crippen molar-refractivity contribution >= 4 is 19.8 Å². The Labute approximate surface area is 448 Å². The summed E-state index contributed by atoms with van der Waals surface area (Å²) in [6.07, 6.45) is 63.6. The maximum Gasteiger partial charge on any atom is 0.472 e. The maximum absolute atomic E-state index is 12.8. The number of hydrogen-bond donors (Lipinski definition) is 1. The van der Waals surface area contributed by atoms with Gasteiger partial charge in [-0.3, -0.25) is 18.6 Å². The minimum atomic E-state index is -4.38. The van der Waals surface area contributed by atoms with Crippen molar-refractivity contribution in [3.05, 3.63) is 0 Å². The molecule has 0 amide bonds. The van der Waals surface area contributed by atoms with Gasteiger partial charge in [0.1, 0.15) is 19.8 Å². The van der Waals surface area contributed by atoms with Crippen molar-refractivity contribution < 1.29 is 42.1 Å². The molecule has 0 aromatic carbocycles. The number of hydrogen-bond acceptors (Lipinski definition) is 7. The smallest absolute Gasteiger partial charge is 0.462 e. The van der Waals surface area contributed by atoms with Gasteiger partial charge in [-0.2, -0.15) is 0 Å². The number of phosphoric ester groups is 1. The highest BCUT2D eigenvalue weighted by Gasteiger charge is 2.27. The molecule has 2 unspecified atom stereocenters. The van der Waals surface area contributed by atoms with Crippen molar-refractivity contribution in [2.75, 3.05) is 47.5 Å². The molecular formula is C62H125NO8P+. The summed E-state index contributed by atoms with van der Waals surface area (Å²) < 4.78 is 34.6. The van der Waals surface area contributed by atoms with Gasteiger partial charge in [-0.15, -0.1) is 0 Å². The molecule has 2 atom stereocenters. The molecule has 0 radical (unpaired) electrons. The second kappa shape index (κ2) is 54.8. The van der Waals surface area contributed by atoms with E-state index in [2.05, 4.69) is 13.8 Å². The third kappa shape index (κ3) is 58.3. The van der Waals surface area contributed by atoms with Crippen LogP contribution in [0.2, 0.25) is 0 Å². The van der Waals surface area contributed by atoms with E-state index in [1.807, 2.05) is 21.1 Å². The number of unbranched alkanes of at least 4 members (excludes halogenated alkanes) is 46. The van der Waals surface area contributed by atoms with E-state index >= 15 is 0 Å². The van der Waals surface area contributed by atoms with Crippen LogP contribution in [0, 0.1) is 0 Å². The second-order valence-corrected chi connectivity index (χ2v) is 24.6. The molecule has 0 spiro atoms. The van der Waals surface area contributed by atoms with Crippen molar-refractivity contribution in [3.63, 3.8) is 0 Å². The van der Waals surface area contributed by atoms with Crippen LogP contribution >= 0.6 is 7.82 Å². The number of esters is 2. The zero-order chi connectivity index (χ0) is 52.7.